The third-order valence-corrected chi connectivity index (χ3v) is 5.96. The van der Waals surface area contributed by atoms with E-state index in [1.54, 1.807) is 0 Å². The van der Waals surface area contributed by atoms with Crippen molar-refractivity contribution in [3.63, 3.8) is 0 Å². The highest BCUT2D eigenvalue weighted by molar-refractivity contribution is 7.91. The molecule has 0 aliphatic heterocycles. The van der Waals surface area contributed by atoms with Crippen LogP contribution in [0.15, 0.2) is 4.90 Å². The summed E-state index contributed by atoms with van der Waals surface area (Å²) in [6.07, 6.45) is 3.89. The maximum atomic E-state index is 12.2. The summed E-state index contributed by atoms with van der Waals surface area (Å²) >= 11 is 1.17. The molecule has 0 spiro atoms. The predicted octanol–water partition coefficient (Wildman–Crippen LogP) is 2.54. The molecule has 2 N–H and O–H groups in total. The van der Waals surface area contributed by atoms with Crippen molar-refractivity contribution in [1.82, 2.24) is 4.37 Å². The second-order valence-electron chi connectivity index (χ2n) is 4.65. The Morgan fingerprint density at radius 2 is 1.95 bits per heavy atom. The van der Waals surface area contributed by atoms with E-state index in [0.717, 1.165) is 25.8 Å². The van der Waals surface area contributed by atoms with Gasteiger partial charge in [-0.3, -0.25) is 0 Å². The minimum atomic E-state index is -3.32. The standard InChI is InChI=1S/C12H23N3O2S2/c1-4-6-7-8-15(3)12-10(11(13)14-18-12)19(16,17)9-5-2/h4-9H2,1-3H3,(H2,13,14). The van der Waals surface area contributed by atoms with Gasteiger partial charge in [-0.25, -0.2) is 8.42 Å². The average Bonchev–Trinajstić information content (AvgIpc) is 2.72. The molecular weight excluding hydrogens is 282 g/mol. The summed E-state index contributed by atoms with van der Waals surface area (Å²) < 4.78 is 28.5. The number of nitrogens with two attached hydrogens (primary N) is 1. The van der Waals surface area contributed by atoms with Gasteiger partial charge in [0.1, 0.15) is 9.90 Å². The van der Waals surface area contributed by atoms with E-state index < -0.39 is 9.84 Å². The Balaban J connectivity index is 2.97. The molecular formula is C12H23N3O2S2. The molecule has 0 aromatic carbocycles. The van der Waals surface area contributed by atoms with Crippen LogP contribution in [0.1, 0.15) is 39.5 Å². The number of sulfone groups is 1. The van der Waals surface area contributed by atoms with Crippen molar-refractivity contribution in [2.45, 2.75) is 44.4 Å². The van der Waals surface area contributed by atoms with Gasteiger partial charge in [-0.1, -0.05) is 26.7 Å². The van der Waals surface area contributed by atoms with E-state index in [9.17, 15) is 8.42 Å². The van der Waals surface area contributed by atoms with E-state index in [1.807, 2.05) is 18.9 Å². The van der Waals surface area contributed by atoms with Crippen LogP contribution in [0.25, 0.3) is 0 Å². The maximum Gasteiger partial charge on any atom is 0.185 e. The maximum absolute atomic E-state index is 12.2. The zero-order chi connectivity index (χ0) is 14.5. The molecule has 0 fully saturated rings. The molecule has 1 aromatic rings. The highest BCUT2D eigenvalue weighted by Crippen LogP contribution is 2.35. The van der Waals surface area contributed by atoms with Gasteiger partial charge in [-0.2, -0.15) is 4.37 Å². The second kappa shape index (κ2) is 7.09. The lowest BCUT2D eigenvalue weighted by molar-refractivity contribution is 0.595. The predicted molar refractivity (Wildman–Crippen MR) is 81.7 cm³/mol. The van der Waals surface area contributed by atoms with Crippen molar-refractivity contribution >= 4 is 32.2 Å². The Morgan fingerprint density at radius 1 is 1.26 bits per heavy atom. The summed E-state index contributed by atoms with van der Waals surface area (Å²) in [5.74, 6) is 0.251. The summed E-state index contributed by atoms with van der Waals surface area (Å²) in [4.78, 5) is 2.17. The van der Waals surface area contributed by atoms with Gasteiger partial charge < -0.3 is 10.6 Å². The molecule has 5 nitrogen and oxygen atoms in total. The summed E-state index contributed by atoms with van der Waals surface area (Å²) in [5.41, 5.74) is 5.74. The van der Waals surface area contributed by atoms with Gasteiger partial charge in [0.25, 0.3) is 0 Å². The Labute approximate surface area is 119 Å². The topological polar surface area (TPSA) is 76.3 Å². The Bertz CT molecular complexity index is 497. The van der Waals surface area contributed by atoms with Crippen LogP contribution < -0.4 is 10.6 Å². The van der Waals surface area contributed by atoms with Gasteiger partial charge in [-0.15, -0.1) is 0 Å². The number of hydrogen-bond acceptors (Lipinski definition) is 6. The van der Waals surface area contributed by atoms with Crippen molar-refractivity contribution in [2.24, 2.45) is 0 Å². The summed E-state index contributed by atoms with van der Waals surface area (Å²) in [5, 5.41) is 0.669. The van der Waals surface area contributed by atoms with Crippen molar-refractivity contribution < 1.29 is 8.42 Å². The van der Waals surface area contributed by atoms with Gasteiger partial charge >= 0.3 is 0 Å². The SMILES string of the molecule is CCCCCN(C)c1snc(N)c1S(=O)(=O)CCC. The van der Waals surface area contributed by atoms with Crippen LogP contribution in [-0.4, -0.2) is 32.1 Å². The molecule has 0 saturated heterocycles. The molecule has 0 aliphatic rings. The van der Waals surface area contributed by atoms with Gasteiger partial charge in [0, 0.05) is 13.6 Å². The zero-order valence-corrected chi connectivity index (χ0v) is 13.5. The molecule has 1 rings (SSSR count). The largest absolute Gasteiger partial charge is 0.382 e. The summed E-state index contributed by atoms with van der Waals surface area (Å²) in [6, 6.07) is 0. The van der Waals surface area contributed by atoms with Crippen LogP contribution in [0, 0.1) is 0 Å². The van der Waals surface area contributed by atoms with E-state index in [0.29, 0.717) is 11.4 Å². The first kappa shape index (κ1) is 16.2. The Hall–Kier alpha value is -0.820. The van der Waals surface area contributed by atoms with E-state index in [4.69, 9.17) is 5.73 Å². The highest BCUT2D eigenvalue weighted by Gasteiger charge is 2.26. The monoisotopic (exact) mass is 305 g/mol. The number of rotatable bonds is 8. The molecule has 7 heteroatoms. The molecule has 0 atom stereocenters. The number of nitrogen functional groups attached to an aromatic ring is 1. The number of nitrogens with zero attached hydrogens (tertiary/aromatic N) is 2. The fourth-order valence-corrected chi connectivity index (χ4v) is 4.66. The number of aromatic nitrogens is 1. The van der Waals surface area contributed by atoms with E-state index in [1.165, 1.54) is 11.5 Å². The fourth-order valence-electron chi connectivity index (χ4n) is 1.89. The minimum absolute atomic E-state index is 0.116. The van der Waals surface area contributed by atoms with E-state index in [-0.39, 0.29) is 16.5 Å². The molecule has 0 aliphatic carbocycles. The normalized spacial score (nSPS) is 11.7. The molecule has 1 heterocycles. The van der Waals surface area contributed by atoms with Crippen LogP contribution in [0.3, 0.4) is 0 Å². The van der Waals surface area contributed by atoms with Gasteiger partial charge in [0.05, 0.1) is 5.75 Å². The van der Waals surface area contributed by atoms with Crippen molar-refractivity contribution in [3.8, 4) is 0 Å². The van der Waals surface area contributed by atoms with Crippen molar-refractivity contribution in [1.29, 1.82) is 0 Å². The first-order valence-corrected chi connectivity index (χ1v) is 9.05. The van der Waals surface area contributed by atoms with Gasteiger partial charge in [0.15, 0.2) is 15.7 Å². The minimum Gasteiger partial charge on any atom is -0.382 e. The lowest BCUT2D eigenvalue weighted by Crippen LogP contribution is -2.20. The van der Waals surface area contributed by atoms with Crippen molar-refractivity contribution in [2.75, 3.05) is 30.0 Å². The molecule has 0 saturated carbocycles. The summed E-state index contributed by atoms with van der Waals surface area (Å²) in [7, 11) is -1.43. The average molecular weight is 305 g/mol. The molecule has 0 radical (unpaired) electrons. The number of unbranched alkanes of at least 4 members (excludes halogenated alkanes) is 2. The number of anilines is 2. The molecule has 110 valence electrons. The third-order valence-electron chi connectivity index (χ3n) is 2.88. The molecule has 1 aromatic heterocycles. The third kappa shape index (κ3) is 4.07. The summed E-state index contributed by atoms with van der Waals surface area (Å²) in [6.45, 7) is 4.81. The molecule has 0 unspecified atom stereocenters. The van der Waals surface area contributed by atoms with E-state index >= 15 is 0 Å². The second-order valence-corrected chi connectivity index (χ2v) is 7.45. The van der Waals surface area contributed by atoms with Gasteiger partial charge in [-0.05, 0) is 24.4 Å². The quantitative estimate of drug-likeness (QED) is 0.747. The molecule has 0 amide bonds. The van der Waals surface area contributed by atoms with Crippen LogP contribution in [-0.2, 0) is 9.84 Å². The Morgan fingerprint density at radius 3 is 2.53 bits per heavy atom. The smallest absolute Gasteiger partial charge is 0.185 e. The number of hydrogen-bond donors (Lipinski definition) is 1. The highest BCUT2D eigenvalue weighted by atomic mass is 32.2. The van der Waals surface area contributed by atoms with Crippen LogP contribution in [0.5, 0.6) is 0 Å². The fraction of sp³-hybridized carbons (Fsp3) is 0.750. The lowest BCUT2D eigenvalue weighted by Gasteiger charge is -2.18. The van der Waals surface area contributed by atoms with Crippen LogP contribution in [0.4, 0.5) is 10.8 Å². The lowest BCUT2D eigenvalue weighted by atomic mass is 10.2. The van der Waals surface area contributed by atoms with Crippen LogP contribution in [0.2, 0.25) is 0 Å². The first-order chi connectivity index (χ1) is 8.94. The Kier molecular flexibility index (Phi) is 6.06. The van der Waals surface area contributed by atoms with Crippen molar-refractivity contribution in [3.05, 3.63) is 0 Å². The van der Waals surface area contributed by atoms with Crippen LogP contribution >= 0.6 is 11.5 Å². The molecule has 19 heavy (non-hydrogen) atoms. The molecule has 0 bridgehead atoms. The van der Waals surface area contributed by atoms with Gasteiger partial charge in [0.2, 0.25) is 0 Å². The first-order valence-electron chi connectivity index (χ1n) is 6.63. The van der Waals surface area contributed by atoms with E-state index in [2.05, 4.69) is 11.3 Å². The zero-order valence-electron chi connectivity index (χ0n) is 11.8.